The van der Waals surface area contributed by atoms with Crippen LogP contribution in [0, 0.1) is 34.6 Å². The van der Waals surface area contributed by atoms with E-state index < -0.39 is 10.0 Å². The Balaban J connectivity index is 1.75. The molecule has 0 saturated carbocycles. The Kier molecular flexibility index (Phi) is 5.41. The third-order valence-corrected chi connectivity index (χ3v) is 6.97. The molecule has 0 fully saturated rings. The number of benzene rings is 2. The van der Waals surface area contributed by atoms with Gasteiger partial charge in [0.1, 0.15) is 0 Å². The van der Waals surface area contributed by atoms with E-state index in [9.17, 15) is 8.42 Å². The molecule has 0 saturated heterocycles. The molecule has 4 rings (SSSR count). The van der Waals surface area contributed by atoms with Gasteiger partial charge in [0.25, 0.3) is 0 Å². The topological polar surface area (TPSA) is 76.4 Å². The predicted octanol–water partition coefficient (Wildman–Crippen LogP) is 4.42. The highest BCUT2D eigenvalue weighted by Crippen LogP contribution is 2.31. The summed E-state index contributed by atoms with van der Waals surface area (Å²) in [4.78, 5) is 4.93. The molecule has 2 aromatic carbocycles. The highest BCUT2D eigenvalue weighted by molar-refractivity contribution is 7.89. The van der Waals surface area contributed by atoms with Crippen LogP contribution in [-0.2, 0) is 16.6 Å². The van der Waals surface area contributed by atoms with Crippen LogP contribution in [0.15, 0.2) is 53.4 Å². The molecule has 2 aromatic heterocycles. The van der Waals surface area contributed by atoms with Gasteiger partial charge in [-0.1, -0.05) is 42.0 Å². The number of nitrogens with one attached hydrogen (secondary N) is 1. The van der Waals surface area contributed by atoms with E-state index in [0.29, 0.717) is 5.56 Å². The summed E-state index contributed by atoms with van der Waals surface area (Å²) in [6.45, 7) is 9.89. The van der Waals surface area contributed by atoms with Gasteiger partial charge in [-0.25, -0.2) is 22.6 Å². The highest BCUT2D eigenvalue weighted by atomic mass is 32.2. The molecule has 0 aliphatic rings. The lowest BCUT2D eigenvalue weighted by Gasteiger charge is -2.12. The Bertz CT molecular complexity index is 1390. The van der Waals surface area contributed by atoms with Crippen molar-refractivity contribution in [3.8, 4) is 11.1 Å². The third kappa shape index (κ3) is 4.11. The van der Waals surface area contributed by atoms with Crippen LogP contribution in [0.5, 0.6) is 0 Å². The van der Waals surface area contributed by atoms with Gasteiger partial charge in [-0.15, -0.1) is 0 Å². The van der Waals surface area contributed by atoms with E-state index in [1.165, 1.54) is 0 Å². The average molecular weight is 435 g/mol. The molecule has 31 heavy (non-hydrogen) atoms. The summed E-state index contributed by atoms with van der Waals surface area (Å²) in [7, 11) is -3.69. The normalized spacial score (nSPS) is 11.9. The van der Waals surface area contributed by atoms with E-state index in [4.69, 9.17) is 0 Å². The summed E-state index contributed by atoms with van der Waals surface area (Å²) in [6, 6.07) is 15.3. The minimum Gasteiger partial charge on any atom is -0.233 e. The number of aromatic nitrogens is 3. The molecule has 0 aliphatic carbocycles. The number of sulfonamides is 1. The smallest absolute Gasteiger partial charge is 0.233 e. The van der Waals surface area contributed by atoms with Crippen molar-refractivity contribution in [3.63, 3.8) is 0 Å². The number of hydrogen-bond donors (Lipinski definition) is 1. The van der Waals surface area contributed by atoms with Gasteiger partial charge in [-0.2, -0.15) is 5.10 Å². The first kappa shape index (κ1) is 21.2. The van der Waals surface area contributed by atoms with Gasteiger partial charge in [0.15, 0.2) is 5.65 Å². The Hall–Kier alpha value is -3.03. The van der Waals surface area contributed by atoms with E-state index in [1.54, 1.807) is 17.5 Å². The summed E-state index contributed by atoms with van der Waals surface area (Å²) in [5, 5.41) is 4.62. The van der Waals surface area contributed by atoms with Crippen molar-refractivity contribution in [1.29, 1.82) is 0 Å². The quantitative estimate of drug-likeness (QED) is 0.505. The van der Waals surface area contributed by atoms with E-state index in [0.717, 1.165) is 45.0 Å². The molecule has 0 spiro atoms. The van der Waals surface area contributed by atoms with E-state index in [2.05, 4.69) is 14.8 Å². The summed E-state index contributed by atoms with van der Waals surface area (Å²) >= 11 is 0. The zero-order valence-electron chi connectivity index (χ0n) is 18.4. The van der Waals surface area contributed by atoms with Gasteiger partial charge in [-0.3, -0.25) is 0 Å². The van der Waals surface area contributed by atoms with Crippen molar-refractivity contribution in [2.75, 3.05) is 0 Å². The molecule has 0 atom stereocenters. The van der Waals surface area contributed by atoms with Crippen LogP contribution in [0.2, 0.25) is 0 Å². The molecule has 0 aliphatic heterocycles. The van der Waals surface area contributed by atoms with Gasteiger partial charge in [0.05, 0.1) is 10.6 Å². The molecule has 0 radical (unpaired) electrons. The molecular formula is C24H26N4O2S. The van der Waals surface area contributed by atoms with Crippen molar-refractivity contribution >= 4 is 15.7 Å². The maximum Gasteiger partial charge on any atom is 0.241 e. The van der Waals surface area contributed by atoms with Crippen LogP contribution in [0.25, 0.3) is 16.8 Å². The van der Waals surface area contributed by atoms with Crippen molar-refractivity contribution in [3.05, 3.63) is 82.3 Å². The van der Waals surface area contributed by atoms with Crippen molar-refractivity contribution in [2.24, 2.45) is 0 Å². The maximum atomic E-state index is 13.1. The largest absolute Gasteiger partial charge is 0.241 e. The average Bonchev–Trinajstić information content (AvgIpc) is 3.04. The predicted molar refractivity (Wildman–Crippen MR) is 123 cm³/mol. The molecular weight excluding hydrogens is 408 g/mol. The minimum absolute atomic E-state index is 0.238. The van der Waals surface area contributed by atoms with Crippen LogP contribution in [0.3, 0.4) is 0 Å². The lowest BCUT2D eigenvalue weighted by Crippen LogP contribution is -2.24. The second-order valence-corrected chi connectivity index (χ2v) is 9.76. The van der Waals surface area contributed by atoms with Crippen molar-refractivity contribution in [1.82, 2.24) is 19.3 Å². The van der Waals surface area contributed by atoms with Gasteiger partial charge in [0, 0.05) is 23.5 Å². The van der Waals surface area contributed by atoms with Gasteiger partial charge in [0.2, 0.25) is 10.0 Å². The first-order valence-electron chi connectivity index (χ1n) is 10.2. The fraction of sp³-hybridized carbons (Fsp3) is 0.250. The Morgan fingerprint density at radius 3 is 2.35 bits per heavy atom. The minimum atomic E-state index is -3.69. The third-order valence-electron chi connectivity index (χ3n) is 5.42. The number of rotatable bonds is 5. The summed E-state index contributed by atoms with van der Waals surface area (Å²) in [5.74, 6) is 0. The van der Waals surface area contributed by atoms with Crippen LogP contribution in [0.4, 0.5) is 0 Å². The molecule has 0 bridgehead atoms. The lowest BCUT2D eigenvalue weighted by molar-refractivity contribution is 0.580. The zero-order chi connectivity index (χ0) is 22.3. The van der Waals surface area contributed by atoms with E-state index >= 15 is 0 Å². The van der Waals surface area contributed by atoms with Crippen LogP contribution < -0.4 is 4.72 Å². The molecule has 2 heterocycles. The molecule has 1 N–H and O–H groups in total. The first-order chi connectivity index (χ1) is 14.7. The lowest BCUT2D eigenvalue weighted by atomic mass is 10.0. The molecule has 0 unspecified atom stereocenters. The van der Waals surface area contributed by atoms with Crippen LogP contribution in [0.1, 0.15) is 33.8 Å². The summed E-state index contributed by atoms with van der Waals surface area (Å²) in [6.07, 6.45) is 0. The molecule has 7 heteroatoms. The number of fused-ring (bicyclic) bond motifs is 1. The Labute approximate surface area is 183 Å². The number of nitrogens with zero attached hydrogens (tertiary/aromatic N) is 3. The fourth-order valence-electron chi connectivity index (χ4n) is 3.77. The number of hydrogen-bond acceptors (Lipinski definition) is 4. The standard InChI is InChI=1S/C24H26N4O2S/c1-15-6-9-20(10-7-15)14-25-31(29,30)22-13-21(11-8-16(22)2)23-19(5)27-28-18(4)12-17(3)26-24(23)28/h6-13,25H,14H2,1-5H3. The number of aryl methyl sites for hydroxylation is 5. The van der Waals surface area contributed by atoms with Crippen LogP contribution >= 0.6 is 0 Å². The zero-order valence-corrected chi connectivity index (χ0v) is 19.2. The van der Waals surface area contributed by atoms with Crippen molar-refractivity contribution in [2.45, 2.75) is 46.1 Å². The monoisotopic (exact) mass is 434 g/mol. The Morgan fingerprint density at radius 1 is 0.935 bits per heavy atom. The highest BCUT2D eigenvalue weighted by Gasteiger charge is 2.21. The fourth-order valence-corrected chi connectivity index (χ4v) is 5.06. The van der Waals surface area contributed by atoms with Gasteiger partial charge >= 0.3 is 0 Å². The SMILES string of the molecule is Cc1ccc(CNS(=O)(=O)c2cc(-c3c(C)nn4c(C)cc(C)nc34)ccc2C)cc1. The second kappa shape index (κ2) is 7.90. The van der Waals surface area contributed by atoms with E-state index in [-0.39, 0.29) is 11.4 Å². The van der Waals surface area contributed by atoms with Crippen molar-refractivity contribution < 1.29 is 8.42 Å². The van der Waals surface area contributed by atoms with Crippen LogP contribution in [-0.4, -0.2) is 23.0 Å². The second-order valence-electron chi connectivity index (χ2n) is 8.03. The molecule has 160 valence electrons. The summed E-state index contributed by atoms with van der Waals surface area (Å²) in [5.41, 5.74) is 7.79. The van der Waals surface area contributed by atoms with E-state index in [1.807, 2.05) is 70.2 Å². The summed E-state index contributed by atoms with van der Waals surface area (Å²) < 4.78 is 30.8. The Morgan fingerprint density at radius 2 is 1.65 bits per heavy atom. The first-order valence-corrected chi connectivity index (χ1v) is 11.6. The molecule has 4 aromatic rings. The van der Waals surface area contributed by atoms with Gasteiger partial charge in [-0.05, 0) is 63.4 Å². The molecule has 0 amide bonds. The van der Waals surface area contributed by atoms with Gasteiger partial charge < -0.3 is 0 Å². The molecule has 6 nitrogen and oxygen atoms in total. The maximum absolute atomic E-state index is 13.1.